The fourth-order valence-electron chi connectivity index (χ4n) is 4.89. The lowest BCUT2D eigenvalue weighted by Crippen LogP contribution is -2.32. The maximum Gasteiger partial charge on any atom is 0.335 e. The average molecular weight is 520 g/mol. The largest absolute Gasteiger partial charge is 0.478 e. The maximum atomic E-state index is 17.8. The zero-order valence-corrected chi connectivity index (χ0v) is 21.0. The fourth-order valence-corrected chi connectivity index (χ4v) is 4.89. The summed E-state index contributed by atoms with van der Waals surface area (Å²) in [6.07, 6.45) is 6.46. The van der Waals surface area contributed by atoms with Gasteiger partial charge in [-0.1, -0.05) is 29.4 Å². The monoisotopic (exact) mass is 519 g/mol. The quantitative estimate of drug-likeness (QED) is 0.280. The van der Waals surface area contributed by atoms with Gasteiger partial charge in [-0.15, -0.1) is 0 Å². The van der Waals surface area contributed by atoms with E-state index in [2.05, 4.69) is 15.1 Å². The van der Waals surface area contributed by atoms with Crippen LogP contribution in [0.3, 0.4) is 0 Å². The molecule has 5 aromatic heterocycles. The van der Waals surface area contributed by atoms with Gasteiger partial charge in [0.05, 0.1) is 22.3 Å². The van der Waals surface area contributed by atoms with Crippen molar-refractivity contribution in [3.8, 4) is 22.3 Å². The third-order valence-electron chi connectivity index (χ3n) is 6.75. The van der Waals surface area contributed by atoms with Crippen LogP contribution in [-0.4, -0.2) is 35.8 Å². The van der Waals surface area contributed by atoms with E-state index >= 15 is 4.39 Å². The molecule has 1 N–H and O–H groups in total. The lowest BCUT2D eigenvalue weighted by molar-refractivity contribution is 0.0697. The molecule has 5 heterocycles. The molecule has 0 saturated carbocycles. The minimum absolute atomic E-state index is 0.149. The second kappa shape index (κ2) is 9.29. The number of halogens is 1. The van der Waals surface area contributed by atoms with Gasteiger partial charge in [0.15, 0.2) is 0 Å². The summed E-state index contributed by atoms with van der Waals surface area (Å²) in [6, 6.07) is 18.4. The van der Waals surface area contributed by atoms with Crippen LogP contribution in [0, 0.1) is 13.8 Å². The zero-order chi connectivity index (χ0) is 27.1. The Kier molecular flexibility index (Phi) is 5.76. The van der Waals surface area contributed by atoms with Gasteiger partial charge < -0.3 is 14.2 Å². The van der Waals surface area contributed by atoms with Gasteiger partial charge in [0.2, 0.25) is 0 Å². The highest BCUT2D eigenvalue weighted by atomic mass is 19.1. The van der Waals surface area contributed by atoms with Crippen LogP contribution in [0.1, 0.15) is 33.2 Å². The van der Waals surface area contributed by atoms with Crippen molar-refractivity contribution >= 4 is 17.0 Å². The van der Waals surface area contributed by atoms with Gasteiger partial charge in [-0.3, -0.25) is 15.0 Å². The summed E-state index contributed by atoms with van der Waals surface area (Å²) in [6.45, 7) is 3.65. The standard InChI is InChI=1S/C30H22FN5O3/c1-18-27(19(2)39-35-18)22-15-24-28(34-16-22)23(20-9-11-21(12-10-20)29(37)38)17-36(24)30(31,25-7-3-5-13-32-25)26-8-4-6-14-33-26/h3-17H,1-2H3,(H,37,38). The topological polar surface area (TPSA) is 107 Å². The number of nitrogens with zero attached hydrogens (tertiary/aromatic N) is 5. The van der Waals surface area contributed by atoms with Crippen molar-refractivity contribution in [2.24, 2.45) is 0 Å². The highest BCUT2D eigenvalue weighted by molar-refractivity contribution is 5.96. The van der Waals surface area contributed by atoms with Gasteiger partial charge in [-0.05, 0) is 61.9 Å². The van der Waals surface area contributed by atoms with E-state index < -0.39 is 11.8 Å². The molecule has 6 rings (SSSR count). The number of benzene rings is 1. The molecular weight excluding hydrogens is 497 g/mol. The first-order chi connectivity index (χ1) is 18.9. The van der Waals surface area contributed by atoms with E-state index in [1.165, 1.54) is 29.1 Å². The first-order valence-electron chi connectivity index (χ1n) is 12.2. The normalized spacial score (nSPS) is 11.7. The van der Waals surface area contributed by atoms with E-state index in [4.69, 9.17) is 9.51 Å². The molecule has 0 fully saturated rings. The number of rotatable bonds is 6. The Morgan fingerprint density at radius 1 is 0.923 bits per heavy atom. The summed E-state index contributed by atoms with van der Waals surface area (Å²) in [5.41, 5.74) is 4.97. The Hall–Kier alpha value is -5.18. The van der Waals surface area contributed by atoms with Gasteiger partial charge in [-0.2, -0.15) is 0 Å². The molecule has 0 aliphatic heterocycles. The molecule has 0 unspecified atom stereocenters. The smallest absolute Gasteiger partial charge is 0.335 e. The summed E-state index contributed by atoms with van der Waals surface area (Å²) in [7, 11) is 0. The number of carbonyl (C=O) groups is 1. The van der Waals surface area contributed by atoms with Crippen LogP contribution < -0.4 is 0 Å². The van der Waals surface area contributed by atoms with Gasteiger partial charge in [0, 0.05) is 41.5 Å². The predicted molar refractivity (Wildman–Crippen MR) is 143 cm³/mol. The highest BCUT2D eigenvalue weighted by Gasteiger charge is 2.41. The summed E-state index contributed by atoms with van der Waals surface area (Å²) >= 11 is 0. The Balaban J connectivity index is 1.68. The minimum Gasteiger partial charge on any atom is -0.478 e. The SMILES string of the molecule is Cc1noc(C)c1-c1cnc2c(-c3ccc(C(=O)O)cc3)cn(C(F)(c3ccccn3)c3ccccn3)c2c1. The molecule has 0 atom stereocenters. The number of hydrogen-bond donors (Lipinski definition) is 1. The molecule has 0 bridgehead atoms. The molecule has 8 nitrogen and oxygen atoms in total. The molecule has 0 saturated heterocycles. The van der Waals surface area contributed by atoms with E-state index in [-0.39, 0.29) is 17.0 Å². The van der Waals surface area contributed by atoms with Crippen molar-refractivity contribution in [1.82, 2.24) is 24.7 Å². The summed E-state index contributed by atoms with van der Waals surface area (Å²) in [5.74, 6) is -2.70. The third-order valence-corrected chi connectivity index (χ3v) is 6.75. The van der Waals surface area contributed by atoms with Gasteiger partial charge in [0.1, 0.15) is 17.1 Å². The number of aromatic carboxylic acids is 1. The highest BCUT2D eigenvalue weighted by Crippen LogP contribution is 2.41. The number of carboxylic acid groups (broad SMARTS) is 1. The predicted octanol–water partition coefficient (Wildman–Crippen LogP) is 6.18. The molecule has 0 amide bonds. The number of pyridine rings is 3. The van der Waals surface area contributed by atoms with E-state index in [0.717, 1.165) is 11.1 Å². The van der Waals surface area contributed by atoms with E-state index in [1.807, 2.05) is 19.9 Å². The number of fused-ring (bicyclic) bond motifs is 1. The number of aromatic nitrogens is 5. The van der Waals surface area contributed by atoms with Crippen molar-refractivity contribution in [2.45, 2.75) is 19.6 Å². The van der Waals surface area contributed by atoms with E-state index in [9.17, 15) is 9.90 Å². The van der Waals surface area contributed by atoms with Crippen molar-refractivity contribution in [1.29, 1.82) is 0 Å². The molecule has 6 aromatic rings. The van der Waals surface area contributed by atoms with Crippen molar-refractivity contribution in [3.63, 3.8) is 0 Å². The van der Waals surface area contributed by atoms with Gasteiger partial charge >= 0.3 is 5.97 Å². The number of aryl methyl sites for hydroxylation is 2. The van der Waals surface area contributed by atoms with Crippen molar-refractivity contribution in [2.75, 3.05) is 0 Å². The first-order valence-corrected chi connectivity index (χ1v) is 12.2. The molecular formula is C30H22FN5O3. The van der Waals surface area contributed by atoms with Crippen LogP contribution in [0.25, 0.3) is 33.3 Å². The zero-order valence-electron chi connectivity index (χ0n) is 21.0. The van der Waals surface area contributed by atoms with E-state index in [0.29, 0.717) is 33.6 Å². The van der Waals surface area contributed by atoms with Crippen molar-refractivity contribution in [3.05, 3.63) is 120 Å². The second-order valence-corrected chi connectivity index (χ2v) is 9.14. The number of hydrogen-bond acceptors (Lipinski definition) is 6. The summed E-state index contributed by atoms with van der Waals surface area (Å²) < 4.78 is 24.6. The molecule has 192 valence electrons. The second-order valence-electron chi connectivity index (χ2n) is 9.14. The minimum atomic E-state index is -2.29. The van der Waals surface area contributed by atoms with Crippen LogP contribution in [0.5, 0.6) is 0 Å². The third kappa shape index (κ3) is 3.95. The Bertz CT molecular complexity index is 1750. The molecule has 39 heavy (non-hydrogen) atoms. The molecule has 0 spiro atoms. The number of alkyl halides is 1. The lowest BCUT2D eigenvalue weighted by atomic mass is 10.0. The van der Waals surface area contributed by atoms with Gasteiger partial charge in [-0.25, -0.2) is 9.18 Å². The first kappa shape index (κ1) is 24.2. The van der Waals surface area contributed by atoms with Crippen molar-refractivity contribution < 1.29 is 18.8 Å². The summed E-state index contributed by atoms with van der Waals surface area (Å²) in [5, 5.41) is 13.4. The molecule has 1 aromatic carbocycles. The Morgan fingerprint density at radius 2 is 1.59 bits per heavy atom. The molecule has 9 heteroatoms. The van der Waals surface area contributed by atoms with Crippen LogP contribution in [-0.2, 0) is 5.79 Å². The fraction of sp³-hybridized carbons (Fsp3) is 0.100. The Labute approximate surface area is 222 Å². The van der Waals surface area contributed by atoms with Crippen LogP contribution >= 0.6 is 0 Å². The van der Waals surface area contributed by atoms with Crippen LogP contribution in [0.4, 0.5) is 4.39 Å². The Morgan fingerprint density at radius 3 is 2.13 bits per heavy atom. The molecule has 0 radical (unpaired) electrons. The average Bonchev–Trinajstić information content (AvgIpc) is 3.52. The maximum absolute atomic E-state index is 17.8. The van der Waals surface area contributed by atoms with E-state index in [1.54, 1.807) is 60.9 Å². The van der Waals surface area contributed by atoms with Crippen LogP contribution in [0.2, 0.25) is 0 Å². The lowest BCUT2D eigenvalue weighted by Gasteiger charge is -2.27. The molecule has 0 aliphatic carbocycles. The van der Waals surface area contributed by atoms with Crippen LogP contribution in [0.15, 0.2) is 96.0 Å². The molecule has 0 aliphatic rings. The van der Waals surface area contributed by atoms with Gasteiger partial charge in [0.25, 0.3) is 5.79 Å². The summed E-state index contributed by atoms with van der Waals surface area (Å²) in [4.78, 5) is 24.9. The number of carboxylic acids is 1.